The molecule has 0 radical (unpaired) electrons. The molecule has 0 atom stereocenters. The number of pyridine rings is 3. The molecule has 4 nitrogen and oxygen atoms in total. The molecule has 1 aliphatic rings. The van der Waals surface area contributed by atoms with Gasteiger partial charge < -0.3 is 4.90 Å². The molecule has 0 amide bonds. The lowest BCUT2D eigenvalue weighted by molar-refractivity contribution is 1.27. The second-order valence-corrected chi connectivity index (χ2v) is 10.2. The van der Waals surface area contributed by atoms with Crippen LogP contribution in [0.2, 0.25) is 0 Å². The second-order valence-electron chi connectivity index (χ2n) is 10.2. The van der Waals surface area contributed by atoms with Crippen LogP contribution in [0.3, 0.4) is 0 Å². The van der Waals surface area contributed by atoms with Crippen LogP contribution in [-0.2, 0) is 0 Å². The van der Waals surface area contributed by atoms with Gasteiger partial charge in [-0.05, 0) is 60.0 Å². The Hall–Kier alpha value is -5.61. The highest BCUT2D eigenvalue weighted by atomic mass is 15.2. The third-order valence-electron chi connectivity index (χ3n) is 7.73. The summed E-state index contributed by atoms with van der Waals surface area (Å²) in [5.74, 6) is 0. The predicted molar refractivity (Wildman–Crippen MR) is 167 cm³/mol. The van der Waals surface area contributed by atoms with Crippen molar-refractivity contribution in [1.82, 2.24) is 15.0 Å². The summed E-state index contributed by atoms with van der Waals surface area (Å²) in [4.78, 5) is 16.7. The smallest absolute Gasteiger partial charge is 0.0802 e. The van der Waals surface area contributed by atoms with Gasteiger partial charge in [-0.25, -0.2) is 0 Å². The number of nitrogens with zero attached hydrogens (tertiary/aromatic N) is 4. The van der Waals surface area contributed by atoms with Crippen LogP contribution in [-0.4, -0.2) is 15.0 Å². The maximum absolute atomic E-state index is 4.90. The molecule has 0 spiro atoms. The third-order valence-corrected chi connectivity index (χ3v) is 7.73. The lowest BCUT2D eigenvalue weighted by atomic mass is 9.98. The lowest BCUT2D eigenvalue weighted by Crippen LogP contribution is -2.11. The number of fused-ring (bicyclic) bond motifs is 6. The van der Waals surface area contributed by atoms with Gasteiger partial charge in [0.2, 0.25) is 0 Å². The maximum atomic E-state index is 4.90. The number of para-hydroxylation sites is 1. The van der Waals surface area contributed by atoms with Gasteiger partial charge in [-0.2, -0.15) is 0 Å². The highest BCUT2D eigenvalue weighted by Gasteiger charge is 2.27. The van der Waals surface area contributed by atoms with Gasteiger partial charge in [-0.1, -0.05) is 72.8 Å². The normalized spacial score (nSPS) is 11.9. The average molecular weight is 525 g/mol. The SMILES string of the molecule is c1ccc(-c2cccc(N3c4ccccc4-c4cccnc4-c4ccc(-c5cc6ccccc6cn5)cc43)c2)nc1. The Bertz CT molecular complexity index is 2070. The van der Waals surface area contributed by atoms with Crippen LogP contribution < -0.4 is 4.90 Å². The Morgan fingerprint density at radius 2 is 1.24 bits per heavy atom. The van der Waals surface area contributed by atoms with E-state index in [-0.39, 0.29) is 0 Å². The fourth-order valence-electron chi connectivity index (χ4n) is 5.80. The summed E-state index contributed by atoms with van der Waals surface area (Å²) in [5, 5.41) is 2.30. The highest BCUT2D eigenvalue weighted by Crippen LogP contribution is 2.51. The number of anilines is 3. The van der Waals surface area contributed by atoms with Gasteiger partial charge in [-0.15, -0.1) is 0 Å². The zero-order valence-corrected chi connectivity index (χ0v) is 22.1. The first-order valence-corrected chi connectivity index (χ1v) is 13.7. The van der Waals surface area contributed by atoms with Crippen molar-refractivity contribution in [3.63, 3.8) is 0 Å². The van der Waals surface area contributed by atoms with E-state index in [1.54, 1.807) is 0 Å². The Kier molecular flexibility index (Phi) is 5.42. The summed E-state index contributed by atoms with van der Waals surface area (Å²) in [6.45, 7) is 0. The van der Waals surface area contributed by atoms with Crippen LogP contribution in [0.15, 0.2) is 146 Å². The minimum absolute atomic E-state index is 0.937. The molecular formula is C37H24N4. The van der Waals surface area contributed by atoms with Crippen molar-refractivity contribution in [3.05, 3.63) is 146 Å². The van der Waals surface area contributed by atoms with Gasteiger partial charge in [0, 0.05) is 57.5 Å². The average Bonchev–Trinajstić information content (AvgIpc) is 3.17. The van der Waals surface area contributed by atoms with Crippen molar-refractivity contribution in [2.45, 2.75) is 0 Å². The van der Waals surface area contributed by atoms with Crippen LogP contribution in [0.5, 0.6) is 0 Å². The molecule has 0 aliphatic carbocycles. The quantitative estimate of drug-likeness (QED) is 0.231. The molecular weight excluding hydrogens is 500 g/mol. The monoisotopic (exact) mass is 524 g/mol. The van der Waals surface area contributed by atoms with Gasteiger partial charge in [0.1, 0.15) is 0 Å². The summed E-state index contributed by atoms with van der Waals surface area (Å²) in [5.41, 5.74) is 11.5. The van der Waals surface area contributed by atoms with E-state index in [2.05, 4.69) is 107 Å². The van der Waals surface area contributed by atoms with E-state index >= 15 is 0 Å². The second kappa shape index (κ2) is 9.54. The van der Waals surface area contributed by atoms with Gasteiger partial charge in [0.05, 0.1) is 28.5 Å². The summed E-state index contributed by atoms with van der Waals surface area (Å²) >= 11 is 0. The van der Waals surface area contributed by atoms with E-state index < -0.39 is 0 Å². The molecule has 3 aromatic heterocycles. The third kappa shape index (κ3) is 3.97. The summed E-state index contributed by atoms with van der Waals surface area (Å²) < 4.78 is 0. The van der Waals surface area contributed by atoms with Gasteiger partial charge in [0.25, 0.3) is 0 Å². The Balaban J connectivity index is 1.40. The Morgan fingerprint density at radius 1 is 0.439 bits per heavy atom. The molecule has 0 fully saturated rings. The molecule has 0 bridgehead atoms. The topological polar surface area (TPSA) is 41.9 Å². The van der Waals surface area contributed by atoms with Crippen molar-refractivity contribution in [2.24, 2.45) is 0 Å². The first-order chi connectivity index (χ1) is 20.3. The molecule has 41 heavy (non-hydrogen) atoms. The van der Waals surface area contributed by atoms with Crippen LogP contribution in [0, 0.1) is 0 Å². The molecule has 0 saturated carbocycles. The van der Waals surface area contributed by atoms with Crippen LogP contribution in [0.1, 0.15) is 0 Å². The van der Waals surface area contributed by atoms with Gasteiger partial charge in [0.15, 0.2) is 0 Å². The maximum Gasteiger partial charge on any atom is 0.0802 e. The molecule has 0 unspecified atom stereocenters. The summed E-state index contributed by atoms with van der Waals surface area (Å²) in [6.07, 6.45) is 5.67. The van der Waals surface area contributed by atoms with Crippen molar-refractivity contribution in [3.8, 4) is 44.9 Å². The number of hydrogen-bond donors (Lipinski definition) is 0. The zero-order chi connectivity index (χ0) is 27.2. The summed E-state index contributed by atoms with van der Waals surface area (Å²) in [7, 11) is 0. The van der Waals surface area contributed by atoms with E-state index in [0.29, 0.717) is 0 Å². The Labute approximate surface area is 238 Å². The molecule has 4 heteroatoms. The molecule has 192 valence electrons. The number of rotatable bonds is 3. The molecule has 8 rings (SSSR count). The molecule has 1 aliphatic heterocycles. The van der Waals surface area contributed by atoms with Crippen LogP contribution in [0.25, 0.3) is 55.7 Å². The molecule has 7 aromatic rings. The Morgan fingerprint density at radius 3 is 2.17 bits per heavy atom. The minimum atomic E-state index is 0.937. The molecule has 4 heterocycles. The van der Waals surface area contributed by atoms with E-state index in [1.165, 1.54) is 5.39 Å². The largest absolute Gasteiger partial charge is 0.309 e. The van der Waals surface area contributed by atoms with Crippen molar-refractivity contribution in [1.29, 1.82) is 0 Å². The van der Waals surface area contributed by atoms with Gasteiger partial charge >= 0.3 is 0 Å². The van der Waals surface area contributed by atoms with Crippen LogP contribution >= 0.6 is 0 Å². The van der Waals surface area contributed by atoms with E-state index in [1.807, 2.05) is 48.9 Å². The molecule has 0 N–H and O–H groups in total. The summed E-state index contributed by atoms with van der Waals surface area (Å²) in [6, 6.07) is 44.5. The fourth-order valence-corrected chi connectivity index (χ4v) is 5.80. The van der Waals surface area contributed by atoms with Gasteiger partial charge in [-0.3, -0.25) is 15.0 Å². The standard InChI is InChI=1S/C37H24N4/c1-2-10-28-24-40-34(22-25(28)9-1)27-17-18-32-36(23-27)41(29-12-7-11-26(21-29)33-15-5-6-19-38-33)35-16-4-3-13-30(35)31-14-8-20-39-37(31)32/h1-24H. The number of hydrogen-bond acceptors (Lipinski definition) is 4. The van der Waals surface area contributed by atoms with E-state index in [0.717, 1.165) is 67.3 Å². The van der Waals surface area contributed by atoms with Crippen molar-refractivity contribution < 1.29 is 0 Å². The fraction of sp³-hybridized carbons (Fsp3) is 0. The van der Waals surface area contributed by atoms with E-state index in [9.17, 15) is 0 Å². The number of benzene rings is 4. The van der Waals surface area contributed by atoms with E-state index in [4.69, 9.17) is 9.97 Å². The van der Waals surface area contributed by atoms with Crippen LogP contribution in [0.4, 0.5) is 17.1 Å². The predicted octanol–water partition coefficient (Wildman–Crippen LogP) is 9.48. The first kappa shape index (κ1) is 23.3. The first-order valence-electron chi connectivity index (χ1n) is 13.7. The van der Waals surface area contributed by atoms with Crippen molar-refractivity contribution >= 4 is 27.8 Å². The van der Waals surface area contributed by atoms with Crippen molar-refractivity contribution in [2.75, 3.05) is 4.90 Å². The lowest BCUT2D eigenvalue weighted by Gasteiger charge is -2.28. The molecule has 0 saturated heterocycles. The zero-order valence-electron chi connectivity index (χ0n) is 22.1. The minimum Gasteiger partial charge on any atom is -0.309 e. The molecule has 4 aromatic carbocycles. The highest BCUT2D eigenvalue weighted by molar-refractivity contribution is 6.02. The number of aromatic nitrogens is 3.